The van der Waals surface area contributed by atoms with E-state index < -0.39 is 7.14 Å². The van der Waals surface area contributed by atoms with Crippen molar-refractivity contribution >= 4 is 55.4 Å². The second kappa shape index (κ2) is 10.5. The molecule has 0 atom stereocenters. The maximum atomic E-state index is 15.5. The standard InChI is InChI=1S/C42H27O3P/c43-46(29-14-3-1-4-15-29,30-16-5-2-6-17-30)40-26-24-34(32-19-9-11-21-35(32)40)37-27-39-42(36-22-12-10-20-33(36)37)44-38-25-23-28-13-7-8-18-31(28)41(38)45-39/h1-27H. The van der Waals surface area contributed by atoms with E-state index in [1.54, 1.807) is 0 Å². The maximum Gasteiger partial charge on any atom is 0.177 e. The summed E-state index contributed by atoms with van der Waals surface area (Å²) in [6.07, 6.45) is 0. The second-order valence-corrected chi connectivity index (χ2v) is 14.3. The lowest BCUT2D eigenvalue weighted by Gasteiger charge is -2.25. The van der Waals surface area contributed by atoms with E-state index >= 15 is 4.57 Å². The molecule has 218 valence electrons. The zero-order valence-corrected chi connectivity index (χ0v) is 25.7. The summed E-state index contributed by atoms with van der Waals surface area (Å²) in [4.78, 5) is 0. The largest absolute Gasteiger partial charge is 0.449 e. The highest BCUT2D eigenvalue weighted by Crippen LogP contribution is 2.54. The molecule has 3 nitrogen and oxygen atoms in total. The van der Waals surface area contributed by atoms with Crippen molar-refractivity contribution in [1.82, 2.24) is 0 Å². The van der Waals surface area contributed by atoms with Crippen LogP contribution >= 0.6 is 7.14 Å². The maximum absolute atomic E-state index is 15.5. The van der Waals surface area contributed by atoms with E-state index in [-0.39, 0.29) is 0 Å². The Morgan fingerprint density at radius 3 is 1.61 bits per heavy atom. The van der Waals surface area contributed by atoms with Gasteiger partial charge in [-0.15, -0.1) is 0 Å². The van der Waals surface area contributed by atoms with E-state index in [0.29, 0.717) is 17.2 Å². The first-order valence-electron chi connectivity index (χ1n) is 15.4. The Labute approximate surface area is 266 Å². The highest BCUT2D eigenvalue weighted by molar-refractivity contribution is 7.85. The molecule has 0 aliphatic carbocycles. The molecule has 0 spiro atoms. The van der Waals surface area contributed by atoms with Crippen molar-refractivity contribution in [2.75, 3.05) is 0 Å². The average molecular weight is 611 g/mol. The third kappa shape index (κ3) is 4.03. The minimum Gasteiger partial charge on any atom is -0.449 e. The van der Waals surface area contributed by atoms with Gasteiger partial charge in [0.25, 0.3) is 0 Å². The van der Waals surface area contributed by atoms with Gasteiger partial charge in [0, 0.05) is 26.7 Å². The highest BCUT2D eigenvalue weighted by Gasteiger charge is 2.32. The molecule has 0 saturated heterocycles. The van der Waals surface area contributed by atoms with Crippen LogP contribution < -0.4 is 25.4 Å². The fourth-order valence-corrected chi connectivity index (χ4v) is 9.71. The molecular weight excluding hydrogens is 583 g/mol. The van der Waals surface area contributed by atoms with E-state index in [9.17, 15) is 0 Å². The molecule has 0 fully saturated rings. The second-order valence-electron chi connectivity index (χ2n) is 11.6. The normalized spacial score (nSPS) is 12.3. The first-order chi connectivity index (χ1) is 22.7. The molecule has 0 saturated carbocycles. The molecule has 4 heteroatoms. The summed E-state index contributed by atoms with van der Waals surface area (Å²) in [5.41, 5.74) is 2.07. The third-order valence-electron chi connectivity index (χ3n) is 9.00. The molecule has 1 aliphatic heterocycles. The first-order valence-corrected chi connectivity index (χ1v) is 17.1. The molecule has 9 rings (SSSR count). The van der Waals surface area contributed by atoms with Crippen LogP contribution in [-0.4, -0.2) is 0 Å². The van der Waals surface area contributed by atoms with Crippen LogP contribution in [0.1, 0.15) is 0 Å². The number of hydrogen-bond donors (Lipinski definition) is 0. The summed E-state index contributed by atoms with van der Waals surface area (Å²) in [5.74, 6) is 2.81. The van der Waals surface area contributed by atoms with Crippen LogP contribution in [0.15, 0.2) is 164 Å². The number of hydrogen-bond acceptors (Lipinski definition) is 3. The third-order valence-corrected chi connectivity index (χ3v) is 12.1. The predicted octanol–water partition coefficient (Wildman–Crippen LogP) is 10.4. The van der Waals surface area contributed by atoms with Gasteiger partial charge in [0.15, 0.2) is 30.1 Å². The van der Waals surface area contributed by atoms with Gasteiger partial charge in [-0.3, -0.25) is 0 Å². The molecule has 0 amide bonds. The Kier molecular flexibility index (Phi) is 6.09. The van der Waals surface area contributed by atoms with Gasteiger partial charge < -0.3 is 14.0 Å². The van der Waals surface area contributed by atoms with Crippen molar-refractivity contribution in [2.45, 2.75) is 0 Å². The molecule has 8 aromatic rings. The van der Waals surface area contributed by atoms with Crippen molar-refractivity contribution in [3.8, 4) is 34.1 Å². The predicted molar refractivity (Wildman–Crippen MR) is 190 cm³/mol. The Morgan fingerprint density at radius 2 is 0.913 bits per heavy atom. The van der Waals surface area contributed by atoms with Crippen molar-refractivity contribution in [3.05, 3.63) is 164 Å². The van der Waals surface area contributed by atoms with Gasteiger partial charge in [-0.1, -0.05) is 146 Å². The molecule has 0 N–H and O–H groups in total. The van der Waals surface area contributed by atoms with Crippen LogP contribution in [0.25, 0.3) is 43.4 Å². The van der Waals surface area contributed by atoms with Crippen LogP contribution in [0, 0.1) is 0 Å². The highest BCUT2D eigenvalue weighted by atomic mass is 31.2. The molecular formula is C42H27O3P. The quantitative estimate of drug-likeness (QED) is 0.186. The molecule has 8 aromatic carbocycles. The smallest absolute Gasteiger partial charge is 0.177 e. The summed E-state index contributed by atoms with van der Waals surface area (Å²) < 4.78 is 28.7. The lowest BCUT2D eigenvalue weighted by Crippen LogP contribution is -2.25. The summed E-state index contributed by atoms with van der Waals surface area (Å²) in [6, 6.07) is 54.8. The van der Waals surface area contributed by atoms with Gasteiger partial charge in [0.1, 0.15) is 0 Å². The summed E-state index contributed by atoms with van der Waals surface area (Å²) >= 11 is 0. The fraction of sp³-hybridized carbons (Fsp3) is 0. The molecule has 0 unspecified atom stereocenters. The Balaban J connectivity index is 1.29. The molecule has 0 bridgehead atoms. The van der Waals surface area contributed by atoms with Crippen molar-refractivity contribution in [3.63, 3.8) is 0 Å². The van der Waals surface area contributed by atoms with Crippen molar-refractivity contribution in [2.24, 2.45) is 0 Å². The topological polar surface area (TPSA) is 35.5 Å². The van der Waals surface area contributed by atoms with Gasteiger partial charge in [-0.05, 0) is 50.9 Å². The van der Waals surface area contributed by atoms with Crippen LogP contribution in [-0.2, 0) is 4.57 Å². The minimum absolute atomic E-state index is 0.671. The van der Waals surface area contributed by atoms with Gasteiger partial charge in [0.05, 0.1) is 0 Å². The Bertz CT molecular complexity index is 2460. The van der Waals surface area contributed by atoms with Crippen molar-refractivity contribution in [1.29, 1.82) is 0 Å². The number of fused-ring (bicyclic) bond motifs is 7. The van der Waals surface area contributed by atoms with Crippen LogP contribution in [0.3, 0.4) is 0 Å². The average Bonchev–Trinajstić information content (AvgIpc) is 3.14. The number of benzene rings is 8. The van der Waals surface area contributed by atoms with E-state index in [1.165, 1.54) is 0 Å². The van der Waals surface area contributed by atoms with E-state index in [4.69, 9.17) is 9.47 Å². The molecule has 0 radical (unpaired) electrons. The SMILES string of the molecule is O=P(c1ccccc1)(c1ccccc1)c1ccc(-c2cc3c(c4ccccc24)Oc2ccc4ccccc4c2O3)c2ccccc12. The number of ether oxygens (including phenoxy) is 2. The minimum atomic E-state index is -3.21. The van der Waals surface area contributed by atoms with Gasteiger partial charge >= 0.3 is 0 Å². The first kappa shape index (κ1) is 26.7. The molecule has 0 aromatic heterocycles. The van der Waals surface area contributed by atoms with Crippen molar-refractivity contribution < 1.29 is 14.0 Å². The summed E-state index contributed by atoms with van der Waals surface area (Å²) in [5, 5.41) is 8.58. The van der Waals surface area contributed by atoms with Crippen LogP contribution in [0.5, 0.6) is 23.0 Å². The lowest BCUT2D eigenvalue weighted by atomic mass is 9.93. The summed E-state index contributed by atoms with van der Waals surface area (Å²) in [7, 11) is -3.21. The Hall–Kier alpha value is -5.63. The van der Waals surface area contributed by atoms with Gasteiger partial charge in [0.2, 0.25) is 0 Å². The summed E-state index contributed by atoms with van der Waals surface area (Å²) in [6.45, 7) is 0. The zero-order chi connectivity index (χ0) is 30.7. The molecule has 1 aliphatic rings. The number of rotatable bonds is 4. The Morgan fingerprint density at radius 1 is 0.391 bits per heavy atom. The van der Waals surface area contributed by atoms with E-state index in [1.807, 2.05) is 97.1 Å². The van der Waals surface area contributed by atoms with Gasteiger partial charge in [-0.2, -0.15) is 0 Å². The molecule has 1 heterocycles. The van der Waals surface area contributed by atoms with Crippen LogP contribution in [0.2, 0.25) is 0 Å². The van der Waals surface area contributed by atoms with E-state index in [2.05, 4.69) is 66.7 Å². The van der Waals surface area contributed by atoms with E-state index in [0.717, 1.165) is 65.1 Å². The molecule has 46 heavy (non-hydrogen) atoms. The lowest BCUT2D eigenvalue weighted by molar-refractivity contribution is 0.367. The zero-order valence-electron chi connectivity index (χ0n) is 24.8. The van der Waals surface area contributed by atoms with Crippen LogP contribution in [0.4, 0.5) is 0 Å². The fourth-order valence-electron chi connectivity index (χ4n) is 6.85. The van der Waals surface area contributed by atoms with Gasteiger partial charge in [-0.25, -0.2) is 0 Å². The monoisotopic (exact) mass is 610 g/mol.